The van der Waals surface area contributed by atoms with Gasteiger partial charge in [0.05, 0.1) is 16.6 Å². The van der Waals surface area contributed by atoms with Gasteiger partial charge in [0.25, 0.3) is 5.91 Å². The molecule has 1 saturated heterocycles. The van der Waals surface area contributed by atoms with Crippen molar-refractivity contribution in [2.24, 2.45) is 0 Å². The van der Waals surface area contributed by atoms with E-state index in [9.17, 15) is 9.59 Å². The van der Waals surface area contributed by atoms with Crippen molar-refractivity contribution in [1.82, 2.24) is 14.7 Å². The maximum absolute atomic E-state index is 13.2. The number of nitrogens with zero attached hydrogens (tertiary/aromatic N) is 3. The molecule has 31 heavy (non-hydrogen) atoms. The van der Waals surface area contributed by atoms with Crippen molar-refractivity contribution < 1.29 is 9.59 Å². The maximum atomic E-state index is 13.2. The second-order valence-electron chi connectivity index (χ2n) is 7.53. The molecule has 1 aromatic heterocycles. The fraction of sp³-hybridized carbons (Fsp3) is 0.261. The Morgan fingerprint density at radius 1 is 1.06 bits per heavy atom. The van der Waals surface area contributed by atoms with Crippen LogP contribution in [0.5, 0.6) is 0 Å². The third-order valence-electron chi connectivity index (χ3n) is 5.36. The topological polar surface area (TPSA) is 67.2 Å². The van der Waals surface area contributed by atoms with Crippen LogP contribution < -0.4 is 5.32 Å². The number of hydrogen-bond donors (Lipinski definition) is 1. The van der Waals surface area contributed by atoms with Gasteiger partial charge in [0.15, 0.2) is 0 Å². The highest BCUT2D eigenvalue weighted by atomic mass is 35.5. The zero-order valence-corrected chi connectivity index (χ0v) is 18.3. The summed E-state index contributed by atoms with van der Waals surface area (Å²) in [5.74, 6) is -0.360. The standard InChI is InChI=1S/C23H22Cl2N4O2/c24-19-10-9-18(14-20(19)25)27-22(30)21-4-1-2-13-29(21)23(31)17-7-5-16(6-8-17)15-28-12-3-11-26-28/h3,5-12,14,21H,1-2,4,13,15H2,(H,27,30)/t21-/m0/s1. The minimum absolute atomic E-state index is 0.139. The first-order valence-corrected chi connectivity index (χ1v) is 10.9. The summed E-state index contributed by atoms with van der Waals surface area (Å²) in [5.41, 5.74) is 2.17. The van der Waals surface area contributed by atoms with E-state index in [2.05, 4.69) is 10.4 Å². The minimum Gasteiger partial charge on any atom is -0.327 e. The molecule has 2 aromatic carbocycles. The van der Waals surface area contributed by atoms with E-state index in [0.29, 0.717) is 40.8 Å². The molecule has 0 unspecified atom stereocenters. The van der Waals surface area contributed by atoms with Gasteiger partial charge in [-0.15, -0.1) is 0 Å². The zero-order chi connectivity index (χ0) is 21.8. The first-order valence-electron chi connectivity index (χ1n) is 10.1. The van der Waals surface area contributed by atoms with Crippen LogP contribution in [0.3, 0.4) is 0 Å². The second kappa shape index (κ2) is 9.54. The molecule has 6 nitrogen and oxygen atoms in total. The van der Waals surface area contributed by atoms with Gasteiger partial charge in [-0.2, -0.15) is 5.10 Å². The Hall–Kier alpha value is -2.83. The van der Waals surface area contributed by atoms with Crippen LogP contribution in [0.1, 0.15) is 35.2 Å². The lowest BCUT2D eigenvalue weighted by Gasteiger charge is -2.34. The number of benzene rings is 2. The molecule has 2 heterocycles. The van der Waals surface area contributed by atoms with E-state index < -0.39 is 6.04 Å². The Kier molecular flexibility index (Phi) is 6.59. The summed E-state index contributed by atoms with van der Waals surface area (Å²) in [5, 5.41) is 7.85. The summed E-state index contributed by atoms with van der Waals surface area (Å²) in [6.07, 6.45) is 6.02. The van der Waals surface area contributed by atoms with Gasteiger partial charge in [0.2, 0.25) is 5.91 Å². The number of hydrogen-bond acceptors (Lipinski definition) is 3. The number of carbonyl (C=O) groups excluding carboxylic acids is 2. The molecular weight excluding hydrogens is 435 g/mol. The first kappa shape index (κ1) is 21.4. The number of halogens is 2. The molecule has 1 atom stereocenters. The summed E-state index contributed by atoms with van der Waals surface area (Å²) in [7, 11) is 0. The third kappa shape index (κ3) is 5.09. The van der Waals surface area contributed by atoms with Crippen molar-refractivity contribution in [1.29, 1.82) is 0 Å². The van der Waals surface area contributed by atoms with Crippen LogP contribution >= 0.6 is 23.2 Å². The minimum atomic E-state index is -0.528. The van der Waals surface area contributed by atoms with Gasteiger partial charge in [0.1, 0.15) is 6.04 Å². The van der Waals surface area contributed by atoms with Gasteiger partial charge in [-0.05, 0) is 61.2 Å². The van der Waals surface area contributed by atoms with E-state index in [0.717, 1.165) is 18.4 Å². The van der Waals surface area contributed by atoms with Crippen molar-refractivity contribution in [2.75, 3.05) is 11.9 Å². The lowest BCUT2D eigenvalue weighted by molar-refractivity contribution is -0.121. The monoisotopic (exact) mass is 456 g/mol. The Morgan fingerprint density at radius 3 is 2.58 bits per heavy atom. The Bertz CT molecular complexity index is 1070. The van der Waals surface area contributed by atoms with Gasteiger partial charge in [-0.25, -0.2) is 0 Å². The molecule has 0 bridgehead atoms. The van der Waals surface area contributed by atoms with Crippen LogP contribution in [0.4, 0.5) is 5.69 Å². The van der Waals surface area contributed by atoms with E-state index >= 15 is 0 Å². The highest BCUT2D eigenvalue weighted by molar-refractivity contribution is 6.42. The lowest BCUT2D eigenvalue weighted by atomic mass is 9.99. The first-order chi connectivity index (χ1) is 15.0. The number of amides is 2. The number of rotatable bonds is 5. The van der Waals surface area contributed by atoms with Crippen molar-refractivity contribution in [3.8, 4) is 0 Å². The molecule has 3 aromatic rings. The molecule has 0 spiro atoms. The van der Waals surface area contributed by atoms with Gasteiger partial charge in [-0.3, -0.25) is 14.3 Å². The molecule has 1 N–H and O–H groups in total. The van der Waals surface area contributed by atoms with E-state index in [-0.39, 0.29) is 11.8 Å². The van der Waals surface area contributed by atoms with Gasteiger partial charge < -0.3 is 10.2 Å². The van der Waals surface area contributed by atoms with Crippen LogP contribution in [0.2, 0.25) is 10.0 Å². The number of anilines is 1. The largest absolute Gasteiger partial charge is 0.327 e. The summed E-state index contributed by atoms with van der Waals surface area (Å²) >= 11 is 12.0. The van der Waals surface area contributed by atoms with Crippen LogP contribution in [0, 0.1) is 0 Å². The van der Waals surface area contributed by atoms with E-state index in [1.807, 2.05) is 41.2 Å². The normalized spacial score (nSPS) is 16.2. The van der Waals surface area contributed by atoms with Crippen molar-refractivity contribution in [3.63, 3.8) is 0 Å². The Morgan fingerprint density at radius 2 is 1.87 bits per heavy atom. The lowest BCUT2D eigenvalue weighted by Crippen LogP contribution is -2.50. The van der Waals surface area contributed by atoms with Crippen LogP contribution in [-0.2, 0) is 11.3 Å². The number of aromatic nitrogens is 2. The maximum Gasteiger partial charge on any atom is 0.254 e. The van der Waals surface area contributed by atoms with Gasteiger partial charge in [-0.1, -0.05) is 35.3 Å². The highest BCUT2D eigenvalue weighted by Gasteiger charge is 2.32. The molecule has 4 rings (SSSR count). The smallest absolute Gasteiger partial charge is 0.254 e. The predicted octanol–water partition coefficient (Wildman–Crippen LogP) is 4.87. The number of nitrogens with one attached hydrogen (secondary N) is 1. The third-order valence-corrected chi connectivity index (χ3v) is 6.10. The van der Waals surface area contributed by atoms with E-state index in [4.69, 9.17) is 23.2 Å². The van der Waals surface area contributed by atoms with Crippen LogP contribution in [-0.4, -0.2) is 39.1 Å². The molecule has 1 aliphatic rings. The SMILES string of the molecule is O=C(Nc1ccc(Cl)c(Cl)c1)[C@@H]1CCCCN1C(=O)c1ccc(Cn2cccn2)cc1. The molecular formula is C23H22Cl2N4O2. The molecule has 1 fully saturated rings. The quantitative estimate of drug-likeness (QED) is 0.595. The van der Waals surface area contributed by atoms with Crippen molar-refractivity contribution in [2.45, 2.75) is 31.8 Å². The predicted molar refractivity (Wildman–Crippen MR) is 122 cm³/mol. The number of likely N-dealkylation sites (tertiary alicyclic amines) is 1. The summed E-state index contributed by atoms with van der Waals surface area (Å²) in [4.78, 5) is 27.8. The van der Waals surface area contributed by atoms with E-state index in [1.54, 1.807) is 29.3 Å². The van der Waals surface area contributed by atoms with Crippen LogP contribution in [0.25, 0.3) is 0 Å². The summed E-state index contributed by atoms with van der Waals surface area (Å²) < 4.78 is 1.82. The molecule has 8 heteroatoms. The number of piperidine rings is 1. The van der Waals surface area contributed by atoms with E-state index in [1.165, 1.54) is 0 Å². The summed E-state index contributed by atoms with van der Waals surface area (Å²) in [6, 6.07) is 13.7. The summed E-state index contributed by atoms with van der Waals surface area (Å²) in [6.45, 7) is 1.19. The second-order valence-corrected chi connectivity index (χ2v) is 8.34. The van der Waals surface area contributed by atoms with Gasteiger partial charge in [0, 0.05) is 30.2 Å². The van der Waals surface area contributed by atoms with Crippen molar-refractivity contribution >= 4 is 40.7 Å². The Balaban J connectivity index is 1.46. The average Bonchev–Trinajstić information content (AvgIpc) is 3.29. The average molecular weight is 457 g/mol. The molecule has 0 saturated carbocycles. The fourth-order valence-electron chi connectivity index (χ4n) is 3.75. The van der Waals surface area contributed by atoms with Crippen LogP contribution in [0.15, 0.2) is 60.9 Å². The molecule has 2 amide bonds. The number of carbonyl (C=O) groups is 2. The Labute approximate surface area is 190 Å². The van der Waals surface area contributed by atoms with Gasteiger partial charge >= 0.3 is 0 Å². The molecule has 0 aliphatic carbocycles. The zero-order valence-electron chi connectivity index (χ0n) is 16.8. The molecule has 1 aliphatic heterocycles. The fourth-order valence-corrected chi connectivity index (χ4v) is 4.04. The molecule has 160 valence electrons. The van der Waals surface area contributed by atoms with Crippen molar-refractivity contribution in [3.05, 3.63) is 82.1 Å². The highest BCUT2D eigenvalue weighted by Crippen LogP contribution is 2.26. The molecule has 0 radical (unpaired) electrons.